The van der Waals surface area contributed by atoms with E-state index in [1.165, 1.54) is 7.11 Å². The second-order valence-electron chi connectivity index (χ2n) is 5.80. The lowest BCUT2D eigenvalue weighted by Gasteiger charge is -2.19. The highest BCUT2D eigenvalue weighted by atomic mass is 16.5. The van der Waals surface area contributed by atoms with Crippen molar-refractivity contribution in [2.45, 2.75) is 6.42 Å². The first kappa shape index (κ1) is 14.6. The van der Waals surface area contributed by atoms with Gasteiger partial charge in [0.1, 0.15) is 0 Å². The number of nitrogens with zero attached hydrogens (tertiary/aromatic N) is 3. The van der Waals surface area contributed by atoms with Gasteiger partial charge in [-0.05, 0) is 24.3 Å². The number of hydrogen-bond donors (Lipinski definition) is 0. The molecule has 1 saturated heterocycles. The maximum absolute atomic E-state index is 12.5. The molecule has 120 valence electrons. The highest BCUT2D eigenvalue weighted by Crippen LogP contribution is 2.35. The molecule has 6 nitrogen and oxygen atoms in total. The minimum absolute atomic E-state index is 0.0845. The lowest BCUT2D eigenvalue weighted by Crippen LogP contribution is -2.26. The summed E-state index contributed by atoms with van der Waals surface area (Å²) in [4.78, 5) is 34.8. The number of methoxy groups -OCH3 is 1. The lowest BCUT2D eigenvalue weighted by atomic mass is 10.1. The lowest BCUT2D eigenvalue weighted by molar-refractivity contribution is -0.145. The first-order valence-electron chi connectivity index (χ1n) is 7.69. The Morgan fingerprint density at radius 2 is 1.96 bits per heavy atom. The highest BCUT2D eigenvalue weighted by molar-refractivity contribution is 6.13. The quantitative estimate of drug-likeness (QED) is 0.535. The fourth-order valence-corrected chi connectivity index (χ4v) is 3.25. The Labute approximate surface area is 138 Å². The Morgan fingerprint density at radius 1 is 1.21 bits per heavy atom. The van der Waals surface area contributed by atoms with Gasteiger partial charge in [-0.2, -0.15) is 0 Å². The van der Waals surface area contributed by atoms with Gasteiger partial charge < -0.3 is 9.64 Å². The number of esters is 1. The fourth-order valence-electron chi connectivity index (χ4n) is 3.25. The Bertz CT molecular complexity index is 970. The summed E-state index contributed by atoms with van der Waals surface area (Å²) in [6, 6.07) is 9.48. The van der Waals surface area contributed by atoms with Crippen molar-refractivity contribution < 1.29 is 14.3 Å². The average molecular weight is 321 g/mol. The van der Waals surface area contributed by atoms with Gasteiger partial charge in [-0.1, -0.05) is 6.07 Å². The molecule has 1 aromatic carbocycles. The summed E-state index contributed by atoms with van der Waals surface area (Å²) < 4.78 is 4.78. The van der Waals surface area contributed by atoms with Crippen LogP contribution in [0.3, 0.4) is 0 Å². The van der Waals surface area contributed by atoms with Crippen molar-refractivity contribution in [2.24, 2.45) is 5.92 Å². The number of carbonyl (C=O) groups excluding carboxylic acids is 2. The van der Waals surface area contributed by atoms with Crippen molar-refractivity contribution in [1.82, 2.24) is 9.97 Å². The Morgan fingerprint density at radius 3 is 2.75 bits per heavy atom. The van der Waals surface area contributed by atoms with Gasteiger partial charge in [0.15, 0.2) is 0 Å². The molecule has 24 heavy (non-hydrogen) atoms. The molecule has 4 rings (SSSR count). The summed E-state index contributed by atoms with van der Waals surface area (Å²) in [6.45, 7) is 0.321. The van der Waals surface area contributed by atoms with Crippen molar-refractivity contribution in [2.75, 3.05) is 18.6 Å². The zero-order valence-corrected chi connectivity index (χ0v) is 13.1. The van der Waals surface area contributed by atoms with Crippen LogP contribution in [0.1, 0.15) is 6.42 Å². The number of benzene rings is 1. The van der Waals surface area contributed by atoms with Gasteiger partial charge in [0.05, 0.1) is 29.7 Å². The van der Waals surface area contributed by atoms with Gasteiger partial charge >= 0.3 is 5.97 Å². The summed E-state index contributed by atoms with van der Waals surface area (Å²) in [7, 11) is 1.34. The van der Waals surface area contributed by atoms with Crippen molar-refractivity contribution in [3.8, 4) is 0 Å². The molecule has 3 heterocycles. The molecule has 0 spiro atoms. The molecule has 2 aromatic heterocycles. The highest BCUT2D eigenvalue weighted by Gasteiger charge is 2.36. The Kier molecular flexibility index (Phi) is 3.37. The summed E-state index contributed by atoms with van der Waals surface area (Å²) in [5.74, 6) is -0.867. The molecule has 0 N–H and O–H groups in total. The minimum Gasteiger partial charge on any atom is -0.469 e. The van der Waals surface area contributed by atoms with Crippen molar-refractivity contribution >= 4 is 39.4 Å². The molecule has 1 aliphatic heterocycles. The van der Waals surface area contributed by atoms with Crippen LogP contribution in [-0.4, -0.2) is 35.5 Å². The predicted molar refractivity (Wildman–Crippen MR) is 89.5 cm³/mol. The van der Waals surface area contributed by atoms with Crippen LogP contribution in [0.25, 0.3) is 21.8 Å². The molecular formula is C18H15N3O3. The second-order valence-corrected chi connectivity index (χ2v) is 5.80. The van der Waals surface area contributed by atoms with Crippen LogP contribution < -0.4 is 4.90 Å². The van der Waals surface area contributed by atoms with E-state index in [0.717, 1.165) is 27.5 Å². The van der Waals surface area contributed by atoms with E-state index in [0.29, 0.717) is 6.54 Å². The van der Waals surface area contributed by atoms with E-state index in [1.807, 2.05) is 30.3 Å². The van der Waals surface area contributed by atoms with Crippen LogP contribution in [0.2, 0.25) is 0 Å². The van der Waals surface area contributed by atoms with Gasteiger partial charge in [-0.25, -0.2) is 0 Å². The minimum atomic E-state index is -0.432. The number of hydrogen-bond acceptors (Lipinski definition) is 5. The van der Waals surface area contributed by atoms with E-state index in [2.05, 4.69) is 9.97 Å². The third kappa shape index (κ3) is 2.19. The molecular weight excluding hydrogens is 306 g/mol. The third-order valence-corrected chi connectivity index (χ3v) is 4.39. The van der Waals surface area contributed by atoms with Gasteiger partial charge in [0.25, 0.3) is 0 Å². The second kappa shape index (κ2) is 5.56. The van der Waals surface area contributed by atoms with Crippen LogP contribution >= 0.6 is 0 Å². The standard InChI is InChI=1S/C18H15N3O3/c1-24-18(23)12-9-15(22)21(10-12)14-8-11-4-2-6-19-16(11)17-13(14)5-3-7-20-17/h2-8,12H,9-10H2,1H3. The van der Waals surface area contributed by atoms with E-state index in [4.69, 9.17) is 4.74 Å². The van der Waals surface area contributed by atoms with E-state index in [-0.39, 0.29) is 18.3 Å². The predicted octanol–water partition coefficient (Wildman–Crippen LogP) is 2.31. The number of aromatic nitrogens is 2. The van der Waals surface area contributed by atoms with Crippen LogP contribution in [0, 0.1) is 5.92 Å². The molecule has 3 aromatic rings. The molecule has 1 amide bonds. The van der Waals surface area contributed by atoms with E-state index in [1.54, 1.807) is 17.3 Å². The van der Waals surface area contributed by atoms with Gasteiger partial charge in [-0.15, -0.1) is 0 Å². The topological polar surface area (TPSA) is 72.4 Å². The maximum atomic E-state index is 12.5. The molecule has 0 aliphatic carbocycles. The number of carbonyl (C=O) groups is 2. The number of rotatable bonds is 2. The molecule has 0 radical (unpaired) electrons. The van der Waals surface area contributed by atoms with Crippen molar-refractivity contribution in [1.29, 1.82) is 0 Å². The van der Waals surface area contributed by atoms with Crippen LogP contribution in [0.15, 0.2) is 42.7 Å². The summed E-state index contributed by atoms with van der Waals surface area (Å²) in [6.07, 6.45) is 3.60. The van der Waals surface area contributed by atoms with Crippen molar-refractivity contribution in [3.63, 3.8) is 0 Å². The molecule has 1 unspecified atom stereocenters. The average Bonchev–Trinajstić information content (AvgIpc) is 3.02. The molecule has 1 aliphatic rings. The smallest absolute Gasteiger partial charge is 0.311 e. The van der Waals surface area contributed by atoms with E-state index in [9.17, 15) is 9.59 Å². The zero-order chi connectivity index (χ0) is 16.7. The summed E-state index contributed by atoms with van der Waals surface area (Å²) >= 11 is 0. The van der Waals surface area contributed by atoms with E-state index >= 15 is 0 Å². The fraction of sp³-hybridized carbons (Fsp3) is 0.222. The van der Waals surface area contributed by atoms with Crippen LogP contribution in [0.5, 0.6) is 0 Å². The van der Waals surface area contributed by atoms with Gasteiger partial charge in [0, 0.05) is 36.1 Å². The van der Waals surface area contributed by atoms with Crippen molar-refractivity contribution in [3.05, 3.63) is 42.7 Å². The van der Waals surface area contributed by atoms with Crippen LogP contribution in [0.4, 0.5) is 5.69 Å². The monoisotopic (exact) mass is 321 g/mol. The largest absolute Gasteiger partial charge is 0.469 e. The number of ether oxygens (including phenoxy) is 1. The van der Waals surface area contributed by atoms with Gasteiger partial charge in [0.2, 0.25) is 5.91 Å². The number of pyridine rings is 2. The first-order chi connectivity index (χ1) is 11.7. The number of amides is 1. The normalized spacial score (nSPS) is 17.6. The zero-order valence-electron chi connectivity index (χ0n) is 13.1. The summed E-state index contributed by atoms with van der Waals surface area (Å²) in [5, 5.41) is 1.76. The Hall–Kier alpha value is -3.02. The van der Waals surface area contributed by atoms with Gasteiger partial charge in [-0.3, -0.25) is 19.6 Å². The van der Waals surface area contributed by atoms with Crippen LogP contribution in [-0.2, 0) is 14.3 Å². The molecule has 1 fully saturated rings. The molecule has 6 heteroatoms. The third-order valence-electron chi connectivity index (χ3n) is 4.39. The van der Waals surface area contributed by atoms with E-state index < -0.39 is 5.92 Å². The molecule has 0 bridgehead atoms. The SMILES string of the molecule is COC(=O)C1CC(=O)N(c2cc3cccnc3c3ncccc23)C1. The first-order valence-corrected chi connectivity index (χ1v) is 7.69. The molecule has 0 saturated carbocycles. The summed E-state index contributed by atoms with van der Waals surface area (Å²) in [5.41, 5.74) is 2.31. The number of anilines is 1. The molecule has 1 atom stereocenters. The Balaban J connectivity index is 1.90. The maximum Gasteiger partial charge on any atom is 0.311 e. The number of fused-ring (bicyclic) bond motifs is 3.